The van der Waals surface area contributed by atoms with Crippen LogP contribution >= 0.6 is 0 Å². The standard InChI is InChI=1S/C26H32N8O/c1-5-20-16-34(22-14-25(35)30(4)23-17-32(11-8-27)29-26(22)23)21(6-2)15-33(20)18(3)19-7-10-31-12-9-28-24(31)13-19/h7,9-10,12-14,17-18,20-21H,5-6,11,15-16H2,1-4H3/t18-,20+,21-/m0/s1. The van der Waals surface area contributed by atoms with Gasteiger partial charge in [0.05, 0.1) is 23.5 Å². The van der Waals surface area contributed by atoms with Crippen molar-refractivity contribution in [1.82, 2.24) is 28.6 Å². The molecule has 9 heteroatoms. The van der Waals surface area contributed by atoms with Crippen LogP contribution in [-0.4, -0.2) is 53.8 Å². The summed E-state index contributed by atoms with van der Waals surface area (Å²) < 4.78 is 5.27. The third kappa shape index (κ3) is 3.98. The lowest BCUT2D eigenvalue weighted by Crippen LogP contribution is -2.58. The van der Waals surface area contributed by atoms with Gasteiger partial charge in [0.2, 0.25) is 0 Å². The van der Waals surface area contributed by atoms with Gasteiger partial charge in [0.25, 0.3) is 5.56 Å². The zero-order chi connectivity index (χ0) is 24.7. The normalized spacial score (nSPS) is 19.9. The number of hydrogen-bond acceptors (Lipinski definition) is 6. The maximum Gasteiger partial charge on any atom is 0.252 e. The van der Waals surface area contributed by atoms with Crippen molar-refractivity contribution < 1.29 is 0 Å². The van der Waals surface area contributed by atoms with Crippen molar-refractivity contribution in [1.29, 1.82) is 5.26 Å². The summed E-state index contributed by atoms with van der Waals surface area (Å²) in [6.07, 6.45) is 9.62. The average Bonchev–Trinajstić information content (AvgIpc) is 3.52. The van der Waals surface area contributed by atoms with E-state index in [1.165, 1.54) is 5.56 Å². The predicted octanol–water partition coefficient (Wildman–Crippen LogP) is 3.35. The maximum absolute atomic E-state index is 12.9. The van der Waals surface area contributed by atoms with Crippen molar-refractivity contribution >= 4 is 22.4 Å². The fourth-order valence-corrected chi connectivity index (χ4v) is 5.44. The predicted molar refractivity (Wildman–Crippen MR) is 136 cm³/mol. The molecular weight excluding hydrogens is 440 g/mol. The monoisotopic (exact) mass is 472 g/mol. The van der Waals surface area contributed by atoms with Crippen LogP contribution in [0.1, 0.15) is 45.2 Å². The SMILES string of the molecule is CC[C@H]1CN([C@@H](C)c2ccn3ccnc3c2)[C@H](CC)CN1c1cc(=O)n(C)c2cn(CC#N)nc12. The molecule has 5 rings (SSSR count). The third-order valence-corrected chi connectivity index (χ3v) is 7.56. The van der Waals surface area contributed by atoms with Gasteiger partial charge in [-0.1, -0.05) is 13.8 Å². The smallest absolute Gasteiger partial charge is 0.252 e. The lowest BCUT2D eigenvalue weighted by atomic mass is 9.97. The third-order valence-electron chi connectivity index (χ3n) is 7.56. The Labute approximate surface area is 204 Å². The van der Waals surface area contributed by atoms with E-state index < -0.39 is 0 Å². The van der Waals surface area contributed by atoms with Crippen LogP contribution in [0.2, 0.25) is 0 Å². The molecule has 9 nitrogen and oxygen atoms in total. The minimum Gasteiger partial charge on any atom is -0.364 e. The second-order valence-corrected chi connectivity index (χ2v) is 9.45. The Morgan fingerprint density at radius 2 is 1.97 bits per heavy atom. The number of aryl methyl sites for hydroxylation is 1. The minimum absolute atomic E-state index is 0.0595. The number of imidazole rings is 1. The number of nitrogens with zero attached hydrogens (tertiary/aromatic N) is 8. The summed E-state index contributed by atoms with van der Waals surface area (Å²) in [5.41, 5.74) is 4.57. The number of hydrogen-bond donors (Lipinski definition) is 0. The first kappa shape index (κ1) is 23.1. The van der Waals surface area contributed by atoms with Crippen LogP contribution in [0, 0.1) is 11.3 Å². The van der Waals surface area contributed by atoms with Crippen molar-refractivity contribution in [2.75, 3.05) is 18.0 Å². The highest BCUT2D eigenvalue weighted by Gasteiger charge is 2.36. The van der Waals surface area contributed by atoms with Gasteiger partial charge < -0.3 is 13.9 Å². The average molecular weight is 473 g/mol. The van der Waals surface area contributed by atoms with Crippen LogP contribution in [0.25, 0.3) is 16.7 Å². The molecule has 0 aromatic carbocycles. The molecule has 4 aromatic heterocycles. The van der Waals surface area contributed by atoms with Gasteiger partial charge in [-0.2, -0.15) is 10.4 Å². The van der Waals surface area contributed by atoms with Gasteiger partial charge in [-0.3, -0.25) is 14.4 Å². The number of nitriles is 1. The Bertz CT molecular complexity index is 1460. The summed E-state index contributed by atoms with van der Waals surface area (Å²) in [4.78, 5) is 22.3. The summed E-state index contributed by atoms with van der Waals surface area (Å²) in [7, 11) is 1.76. The molecule has 182 valence electrons. The Kier molecular flexibility index (Phi) is 6.07. The van der Waals surface area contributed by atoms with Crippen LogP contribution in [0.3, 0.4) is 0 Å². The second kappa shape index (κ2) is 9.19. The highest BCUT2D eigenvalue weighted by atomic mass is 16.1. The molecule has 35 heavy (non-hydrogen) atoms. The number of rotatable bonds is 6. The van der Waals surface area contributed by atoms with Crippen molar-refractivity contribution in [2.24, 2.45) is 7.05 Å². The Balaban J connectivity index is 1.51. The summed E-state index contributed by atoms with van der Waals surface area (Å²) in [6, 6.07) is 9.04. The number of aromatic nitrogens is 5. The van der Waals surface area contributed by atoms with Gasteiger partial charge in [-0.25, -0.2) is 4.98 Å². The first-order valence-electron chi connectivity index (χ1n) is 12.3. The molecule has 0 spiro atoms. The molecule has 0 N–H and O–H groups in total. The number of anilines is 1. The minimum atomic E-state index is -0.0595. The summed E-state index contributed by atoms with van der Waals surface area (Å²) in [5, 5.41) is 13.8. The largest absolute Gasteiger partial charge is 0.364 e. The highest BCUT2D eigenvalue weighted by molar-refractivity contribution is 5.88. The molecule has 4 aromatic rings. The fraction of sp³-hybridized carbons (Fsp3) is 0.462. The Morgan fingerprint density at radius 1 is 1.17 bits per heavy atom. The van der Waals surface area contributed by atoms with E-state index >= 15 is 0 Å². The zero-order valence-corrected chi connectivity index (χ0v) is 20.8. The van der Waals surface area contributed by atoms with E-state index in [0.29, 0.717) is 6.04 Å². The van der Waals surface area contributed by atoms with Crippen LogP contribution in [0.15, 0.2) is 47.8 Å². The number of piperazine rings is 1. The summed E-state index contributed by atoms with van der Waals surface area (Å²) in [5.74, 6) is 0. The van der Waals surface area contributed by atoms with Gasteiger partial charge in [0.1, 0.15) is 17.7 Å². The van der Waals surface area contributed by atoms with Crippen molar-refractivity contribution in [3.63, 3.8) is 0 Å². The lowest BCUT2D eigenvalue weighted by Gasteiger charge is -2.49. The zero-order valence-electron chi connectivity index (χ0n) is 20.8. The maximum atomic E-state index is 12.9. The Hall–Kier alpha value is -3.64. The van der Waals surface area contributed by atoms with Crippen LogP contribution < -0.4 is 10.5 Å². The molecule has 1 saturated heterocycles. The van der Waals surface area contributed by atoms with E-state index in [4.69, 9.17) is 10.4 Å². The molecule has 0 bridgehead atoms. The van der Waals surface area contributed by atoms with Crippen molar-refractivity contribution in [3.05, 3.63) is 58.9 Å². The topological polar surface area (TPSA) is 87.4 Å². The van der Waals surface area contributed by atoms with Crippen molar-refractivity contribution in [3.8, 4) is 6.07 Å². The van der Waals surface area contributed by atoms with Gasteiger partial charge in [-0.05, 0) is 37.5 Å². The van der Waals surface area contributed by atoms with Gasteiger partial charge in [0.15, 0.2) is 0 Å². The summed E-state index contributed by atoms with van der Waals surface area (Å²) in [6.45, 7) is 8.58. The van der Waals surface area contributed by atoms with Crippen LogP contribution in [0.4, 0.5) is 5.69 Å². The lowest BCUT2D eigenvalue weighted by molar-refractivity contribution is 0.101. The Morgan fingerprint density at radius 3 is 2.71 bits per heavy atom. The molecule has 1 aliphatic rings. The van der Waals surface area contributed by atoms with E-state index in [9.17, 15) is 4.79 Å². The molecule has 5 heterocycles. The molecule has 0 unspecified atom stereocenters. The van der Waals surface area contributed by atoms with Gasteiger partial charge in [-0.15, -0.1) is 0 Å². The van der Waals surface area contributed by atoms with Crippen molar-refractivity contribution in [2.45, 2.75) is 58.3 Å². The quantitative estimate of drug-likeness (QED) is 0.428. The van der Waals surface area contributed by atoms with Gasteiger partial charge >= 0.3 is 0 Å². The van der Waals surface area contributed by atoms with Crippen LogP contribution in [0.5, 0.6) is 0 Å². The molecule has 0 aliphatic carbocycles. The van der Waals surface area contributed by atoms with E-state index in [0.717, 1.165) is 48.3 Å². The van der Waals surface area contributed by atoms with E-state index in [1.54, 1.807) is 28.6 Å². The molecule has 1 fully saturated rings. The fourth-order valence-electron chi connectivity index (χ4n) is 5.44. The molecule has 0 radical (unpaired) electrons. The molecular formula is C26H32N8O. The summed E-state index contributed by atoms with van der Waals surface area (Å²) >= 11 is 0. The second-order valence-electron chi connectivity index (χ2n) is 9.45. The van der Waals surface area contributed by atoms with E-state index in [-0.39, 0.29) is 24.2 Å². The highest BCUT2D eigenvalue weighted by Crippen LogP contribution is 2.34. The molecule has 3 atom stereocenters. The number of pyridine rings is 2. The first-order valence-corrected chi connectivity index (χ1v) is 12.3. The molecule has 0 saturated carbocycles. The first-order chi connectivity index (χ1) is 16.9. The van der Waals surface area contributed by atoms with Gasteiger partial charge in [0, 0.05) is 62.9 Å². The molecule has 1 aliphatic heterocycles. The number of fused-ring (bicyclic) bond motifs is 2. The van der Waals surface area contributed by atoms with E-state index in [1.807, 2.05) is 16.8 Å². The van der Waals surface area contributed by atoms with E-state index in [2.05, 4.69) is 60.0 Å². The van der Waals surface area contributed by atoms with Crippen LogP contribution in [-0.2, 0) is 13.6 Å². The molecule has 0 amide bonds.